The highest BCUT2D eigenvalue weighted by atomic mass is 16.5. The van der Waals surface area contributed by atoms with Crippen molar-refractivity contribution in [1.82, 2.24) is 10.6 Å². The third kappa shape index (κ3) is 7.67. The highest BCUT2D eigenvalue weighted by Gasteiger charge is 2.10. The van der Waals surface area contributed by atoms with Gasteiger partial charge in [-0.15, -0.1) is 0 Å². The minimum absolute atomic E-state index is 0.134. The van der Waals surface area contributed by atoms with Gasteiger partial charge in [0.2, 0.25) is 5.91 Å². The fourth-order valence-corrected chi connectivity index (χ4v) is 2.43. The molecule has 0 aromatic carbocycles. The van der Waals surface area contributed by atoms with Gasteiger partial charge in [-0.05, 0) is 19.3 Å². The zero-order valence-corrected chi connectivity index (χ0v) is 11.7. The molecule has 2 N–H and O–H groups in total. The highest BCUT2D eigenvalue weighted by Crippen LogP contribution is 2.16. The van der Waals surface area contributed by atoms with Crippen molar-refractivity contribution in [2.45, 2.75) is 57.4 Å². The molecule has 0 aliphatic heterocycles. The minimum Gasteiger partial charge on any atom is -0.385 e. The lowest BCUT2D eigenvalue weighted by Crippen LogP contribution is -2.36. The van der Waals surface area contributed by atoms with Crippen molar-refractivity contribution in [3.05, 3.63) is 0 Å². The van der Waals surface area contributed by atoms with E-state index in [1.807, 2.05) is 0 Å². The Morgan fingerprint density at radius 3 is 2.56 bits per heavy atom. The van der Waals surface area contributed by atoms with Crippen LogP contribution < -0.4 is 10.6 Å². The maximum atomic E-state index is 11.4. The van der Waals surface area contributed by atoms with Crippen molar-refractivity contribution in [3.63, 3.8) is 0 Å². The number of hydrogen-bond acceptors (Lipinski definition) is 3. The maximum Gasteiger partial charge on any atom is 0.220 e. The summed E-state index contributed by atoms with van der Waals surface area (Å²) in [5, 5.41) is 6.48. The van der Waals surface area contributed by atoms with E-state index >= 15 is 0 Å². The molecule has 0 radical (unpaired) electrons. The molecule has 106 valence electrons. The normalized spacial score (nSPS) is 17.4. The molecular weight excluding hydrogens is 228 g/mol. The Bertz CT molecular complexity index is 214. The maximum absolute atomic E-state index is 11.4. The molecule has 1 rings (SSSR count). The molecule has 0 heterocycles. The number of carbonyl (C=O) groups excluding carboxylic acids is 1. The third-order valence-corrected chi connectivity index (χ3v) is 3.49. The minimum atomic E-state index is 0.134. The van der Waals surface area contributed by atoms with Crippen LogP contribution in [0.15, 0.2) is 0 Å². The molecule has 1 saturated carbocycles. The van der Waals surface area contributed by atoms with Gasteiger partial charge >= 0.3 is 0 Å². The van der Waals surface area contributed by atoms with Crippen molar-refractivity contribution in [2.24, 2.45) is 0 Å². The van der Waals surface area contributed by atoms with Gasteiger partial charge in [-0.1, -0.05) is 25.7 Å². The lowest BCUT2D eigenvalue weighted by molar-refractivity contribution is -0.121. The van der Waals surface area contributed by atoms with Crippen LogP contribution in [0.1, 0.15) is 51.4 Å². The molecule has 4 nitrogen and oxygen atoms in total. The largest absolute Gasteiger partial charge is 0.385 e. The Hall–Kier alpha value is -0.610. The summed E-state index contributed by atoms with van der Waals surface area (Å²) in [4.78, 5) is 11.4. The molecule has 1 fully saturated rings. The Morgan fingerprint density at radius 1 is 1.17 bits per heavy atom. The molecule has 0 saturated heterocycles. The number of rotatable bonds is 8. The number of amides is 1. The second-order valence-corrected chi connectivity index (χ2v) is 5.09. The van der Waals surface area contributed by atoms with Gasteiger partial charge in [0.25, 0.3) is 0 Å². The third-order valence-electron chi connectivity index (χ3n) is 3.49. The van der Waals surface area contributed by atoms with Gasteiger partial charge < -0.3 is 15.4 Å². The van der Waals surface area contributed by atoms with Crippen LogP contribution in [0.3, 0.4) is 0 Å². The Labute approximate surface area is 111 Å². The molecule has 0 spiro atoms. The van der Waals surface area contributed by atoms with Gasteiger partial charge in [-0.25, -0.2) is 0 Å². The van der Waals surface area contributed by atoms with Crippen LogP contribution in [0, 0.1) is 0 Å². The van der Waals surface area contributed by atoms with Crippen LogP contribution in [0.25, 0.3) is 0 Å². The molecule has 1 aliphatic rings. The molecule has 1 aliphatic carbocycles. The first kappa shape index (κ1) is 15.4. The first-order valence-electron chi connectivity index (χ1n) is 7.32. The summed E-state index contributed by atoms with van der Waals surface area (Å²) in [6.45, 7) is 2.29. The average Bonchev–Trinajstić information content (AvgIpc) is 2.63. The Kier molecular flexibility index (Phi) is 8.86. The predicted octanol–water partition coefficient (Wildman–Crippen LogP) is 1.84. The molecule has 0 unspecified atom stereocenters. The molecular formula is C14H28N2O2. The number of carbonyl (C=O) groups is 1. The molecule has 0 aromatic rings. The Balaban J connectivity index is 1.95. The predicted molar refractivity (Wildman–Crippen MR) is 73.6 cm³/mol. The molecule has 1 amide bonds. The van der Waals surface area contributed by atoms with Gasteiger partial charge in [0.05, 0.1) is 0 Å². The number of methoxy groups -OCH3 is 1. The second-order valence-electron chi connectivity index (χ2n) is 5.09. The van der Waals surface area contributed by atoms with Crippen molar-refractivity contribution in [3.8, 4) is 0 Å². The number of hydrogen-bond donors (Lipinski definition) is 2. The SMILES string of the molecule is COCCCC(=O)NCCNC1CCCCCC1. The van der Waals surface area contributed by atoms with E-state index in [4.69, 9.17) is 4.74 Å². The van der Waals surface area contributed by atoms with Crippen LogP contribution in [-0.2, 0) is 9.53 Å². The van der Waals surface area contributed by atoms with Gasteiger partial charge in [0.1, 0.15) is 0 Å². The van der Waals surface area contributed by atoms with Crippen molar-refractivity contribution in [1.29, 1.82) is 0 Å². The van der Waals surface area contributed by atoms with E-state index in [0.29, 0.717) is 19.1 Å². The lowest BCUT2D eigenvalue weighted by Gasteiger charge is -2.16. The van der Waals surface area contributed by atoms with Crippen LogP contribution >= 0.6 is 0 Å². The van der Waals surface area contributed by atoms with E-state index < -0.39 is 0 Å². The molecule has 0 aromatic heterocycles. The smallest absolute Gasteiger partial charge is 0.220 e. The summed E-state index contributed by atoms with van der Waals surface area (Å²) in [6, 6.07) is 0.665. The lowest BCUT2D eigenvalue weighted by atomic mass is 10.1. The van der Waals surface area contributed by atoms with Crippen molar-refractivity contribution < 1.29 is 9.53 Å². The summed E-state index contributed by atoms with van der Waals surface area (Å²) in [5.74, 6) is 0.134. The highest BCUT2D eigenvalue weighted by molar-refractivity contribution is 5.75. The topological polar surface area (TPSA) is 50.4 Å². The number of ether oxygens (including phenoxy) is 1. The van der Waals surface area contributed by atoms with Gasteiger partial charge in [-0.2, -0.15) is 0 Å². The quantitative estimate of drug-likeness (QED) is 0.515. The van der Waals surface area contributed by atoms with E-state index in [0.717, 1.165) is 19.5 Å². The molecule has 0 atom stereocenters. The first-order chi connectivity index (χ1) is 8.83. The van der Waals surface area contributed by atoms with Crippen LogP contribution in [0.2, 0.25) is 0 Å². The van der Waals surface area contributed by atoms with Gasteiger partial charge in [0.15, 0.2) is 0 Å². The van der Waals surface area contributed by atoms with Crippen LogP contribution in [0.5, 0.6) is 0 Å². The van der Waals surface area contributed by atoms with E-state index in [2.05, 4.69) is 10.6 Å². The summed E-state index contributed by atoms with van der Waals surface area (Å²) in [7, 11) is 1.66. The zero-order chi connectivity index (χ0) is 13.1. The van der Waals surface area contributed by atoms with E-state index in [1.54, 1.807) is 7.11 Å². The van der Waals surface area contributed by atoms with E-state index in [-0.39, 0.29) is 5.91 Å². The fourth-order valence-electron chi connectivity index (χ4n) is 2.43. The van der Waals surface area contributed by atoms with E-state index in [9.17, 15) is 4.79 Å². The monoisotopic (exact) mass is 256 g/mol. The molecule has 4 heteroatoms. The van der Waals surface area contributed by atoms with Crippen LogP contribution in [-0.4, -0.2) is 38.8 Å². The van der Waals surface area contributed by atoms with Gasteiger partial charge in [-0.3, -0.25) is 4.79 Å². The van der Waals surface area contributed by atoms with Crippen molar-refractivity contribution >= 4 is 5.91 Å². The molecule has 0 bridgehead atoms. The molecule has 18 heavy (non-hydrogen) atoms. The first-order valence-corrected chi connectivity index (χ1v) is 7.32. The number of nitrogens with one attached hydrogen (secondary N) is 2. The summed E-state index contributed by atoms with van der Waals surface area (Å²) in [6.07, 6.45) is 9.42. The standard InChI is InChI=1S/C14H28N2O2/c1-18-12-6-9-14(17)16-11-10-15-13-7-4-2-3-5-8-13/h13,15H,2-12H2,1H3,(H,16,17). The summed E-state index contributed by atoms with van der Waals surface area (Å²) >= 11 is 0. The summed E-state index contributed by atoms with van der Waals surface area (Å²) < 4.78 is 4.92. The van der Waals surface area contributed by atoms with Crippen molar-refractivity contribution in [2.75, 3.05) is 26.8 Å². The zero-order valence-electron chi connectivity index (χ0n) is 11.7. The van der Waals surface area contributed by atoms with Gasteiger partial charge in [0, 0.05) is 39.3 Å². The average molecular weight is 256 g/mol. The summed E-state index contributed by atoms with van der Waals surface area (Å²) in [5.41, 5.74) is 0. The Morgan fingerprint density at radius 2 is 1.89 bits per heavy atom. The second kappa shape index (κ2) is 10.3. The fraction of sp³-hybridized carbons (Fsp3) is 0.929. The van der Waals surface area contributed by atoms with E-state index in [1.165, 1.54) is 38.5 Å². The van der Waals surface area contributed by atoms with Crippen LogP contribution in [0.4, 0.5) is 0 Å².